The van der Waals surface area contributed by atoms with Crippen LogP contribution in [-0.4, -0.2) is 15.3 Å². The van der Waals surface area contributed by atoms with Crippen LogP contribution in [0, 0.1) is 5.92 Å². The third-order valence-electron chi connectivity index (χ3n) is 5.28. The van der Waals surface area contributed by atoms with Crippen molar-refractivity contribution in [2.75, 3.05) is 0 Å². The van der Waals surface area contributed by atoms with Gasteiger partial charge >= 0.3 is 0 Å². The van der Waals surface area contributed by atoms with Crippen LogP contribution in [0.4, 0.5) is 0 Å². The van der Waals surface area contributed by atoms with E-state index in [0.717, 1.165) is 41.5 Å². The summed E-state index contributed by atoms with van der Waals surface area (Å²) in [6.07, 6.45) is 5.53. The summed E-state index contributed by atoms with van der Waals surface area (Å²) in [7, 11) is 0. The number of hydrogen-bond acceptors (Lipinski definition) is 4. The van der Waals surface area contributed by atoms with Crippen molar-refractivity contribution >= 4 is 27.3 Å². The van der Waals surface area contributed by atoms with Gasteiger partial charge in [-0.15, -0.1) is 11.3 Å². The first-order valence-corrected chi connectivity index (χ1v) is 10.00. The fourth-order valence-corrected chi connectivity index (χ4v) is 4.99. The SMILES string of the molecule is CCc1ccc(C(=O)Cn2cnc3sc4c(c3c2=O)CCC(C)C4)cc1. The van der Waals surface area contributed by atoms with Gasteiger partial charge in [-0.3, -0.25) is 14.2 Å². The number of aromatic nitrogens is 2. The molecule has 2 aromatic heterocycles. The van der Waals surface area contributed by atoms with Gasteiger partial charge in [0.1, 0.15) is 4.83 Å². The molecule has 4 nitrogen and oxygen atoms in total. The molecule has 0 saturated heterocycles. The topological polar surface area (TPSA) is 52.0 Å². The summed E-state index contributed by atoms with van der Waals surface area (Å²) in [5.41, 5.74) is 2.91. The zero-order valence-corrected chi connectivity index (χ0v) is 15.9. The van der Waals surface area contributed by atoms with E-state index >= 15 is 0 Å². The van der Waals surface area contributed by atoms with Gasteiger partial charge in [-0.05, 0) is 42.7 Å². The number of carbonyl (C=O) groups is 1. The summed E-state index contributed by atoms with van der Waals surface area (Å²) in [5.74, 6) is 0.596. The number of nitrogens with zero attached hydrogens (tertiary/aromatic N) is 2. The molecule has 0 N–H and O–H groups in total. The molecular weight excluding hydrogens is 344 g/mol. The highest BCUT2D eigenvalue weighted by Crippen LogP contribution is 2.35. The summed E-state index contributed by atoms with van der Waals surface area (Å²) in [5, 5.41) is 0.730. The minimum atomic E-state index is -0.0828. The molecule has 26 heavy (non-hydrogen) atoms. The molecule has 134 valence electrons. The van der Waals surface area contributed by atoms with Crippen molar-refractivity contribution in [1.82, 2.24) is 9.55 Å². The van der Waals surface area contributed by atoms with E-state index in [-0.39, 0.29) is 17.9 Å². The number of hydrogen-bond donors (Lipinski definition) is 0. The molecule has 3 aromatic rings. The highest BCUT2D eigenvalue weighted by atomic mass is 32.1. The molecule has 1 aromatic carbocycles. The monoisotopic (exact) mass is 366 g/mol. The maximum Gasteiger partial charge on any atom is 0.262 e. The average molecular weight is 366 g/mol. The quantitative estimate of drug-likeness (QED) is 0.655. The first kappa shape index (κ1) is 17.2. The minimum Gasteiger partial charge on any atom is -0.292 e. The first-order valence-electron chi connectivity index (χ1n) is 9.18. The number of benzene rings is 1. The van der Waals surface area contributed by atoms with E-state index in [9.17, 15) is 9.59 Å². The van der Waals surface area contributed by atoms with Crippen molar-refractivity contribution in [2.24, 2.45) is 5.92 Å². The van der Waals surface area contributed by atoms with E-state index in [4.69, 9.17) is 0 Å². The lowest BCUT2D eigenvalue weighted by molar-refractivity contribution is 0.0970. The summed E-state index contributed by atoms with van der Waals surface area (Å²) in [6, 6.07) is 7.61. The third kappa shape index (κ3) is 3.01. The lowest BCUT2D eigenvalue weighted by Gasteiger charge is -2.17. The number of Topliss-reactive ketones (excluding diaryl/α,β-unsaturated/α-hetero) is 1. The number of thiophene rings is 1. The fraction of sp³-hybridized carbons (Fsp3) is 0.381. The molecule has 1 atom stereocenters. The van der Waals surface area contributed by atoms with Crippen LogP contribution in [0.1, 0.15) is 46.6 Å². The zero-order valence-electron chi connectivity index (χ0n) is 15.1. The van der Waals surface area contributed by atoms with Gasteiger partial charge in [-0.25, -0.2) is 4.98 Å². The van der Waals surface area contributed by atoms with Crippen LogP contribution in [0.3, 0.4) is 0 Å². The van der Waals surface area contributed by atoms with Gasteiger partial charge in [-0.1, -0.05) is 38.1 Å². The average Bonchev–Trinajstić information content (AvgIpc) is 3.02. The molecule has 4 rings (SSSR count). The summed E-state index contributed by atoms with van der Waals surface area (Å²) < 4.78 is 1.46. The molecule has 0 bridgehead atoms. The van der Waals surface area contributed by atoms with E-state index in [1.807, 2.05) is 24.3 Å². The van der Waals surface area contributed by atoms with Crippen molar-refractivity contribution in [3.63, 3.8) is 0 Å². The zero-order chi connectivity index (χ0) is 18.3. The second kappa shape index (κ2) is 6.80. The fourth-order valence-electron chi connectivity index (χ4n) is 3.65. The van der Waals surface area contributed by atoms with E-state index in [2.05, 4.69) is 18.8 Å². The van der Waals surface area contributed by atoms with Gasteiger partial charge in [0, 0.05) is 10.4 Å². The molecule has 2 heterocycles. The van der Waals surface area contributed by atoms with Gasteiger partial charge in [0.2, 0.25) is 0 Å². The Morgan fingerprint density at radius 1 is 1.31 bits per heavy atom. The normalized spacial score (nSPS) is 16.6. The summed E-state index contributed by atoms with van der Waals surface area (Å²) >= 11 is 1.64. The molecule has 0 spiro atoms. The molecule has 0 saturated carbocycles. The van der Waals surface area contributed by atoms with E-state index in [1.54, 1.807) is 11.3 Å². The summed E-state index contributed by atoms with van der Waals surface area (Å²) in [4.78, 5) is 32.2. The van der Waals surface area contributed by atoms with Gasteiger partial charge in [0.05, 0.1) is 18.3 Å². The van der Waals surface area contributed by atoms with Crippen LogP contribution in [0.5, 0.6) is 0 Å². The Hall–Kier alpha value is -2.27. The second-order valence-corrected chi connectivity index (χ2v) is 8.27. The third-order valence-corrected chi connectivity index (χ3v) is 6.44. The van der Waals surface area contributed by atoms with Gasteiger partial charge < -0.3 is 0 Å². The number of aryl methyl sites for hydroxylation is 2. The van der Waals surface area contributed by atoms with Gasteiger partial charge in [-0.2, -0.15) is 0 Å². The smallest absolute Gasteiger partial charge is 0.262 e. The predicted octanol–water partition coefficient (Wildman–Crippen LogP) is 4.03. The molecule has 0 radical (unpaired) electrons. The molecule has 1 aliphatic carbocycles. The van der Waals surface area contributed by atoms with Crippen molar-refractivity contribution in [2.45, 2.75) is 46.1 Å². The molecule has 0 amide bonds. The summed E-state index contributed by atoms with van der Waals surface area (Å²) in [6.45, 7) is 4.37. The van der Waals surface area contributed by atoms with Crippen molar-refractivity contribution in [3.8, 4) is 0 Å². The molecule has 0 fully saturated rings. The van der Waals surface area contributed by atoms with Crippen LogP contribution >= 0.6 is 11.3 Å². The number of rotatable bonds is 4. The maximum absolute atomic E-state index is 13.0. The van der Waals surface area contributed by atoms with E-state index in [1.165, 1.54) is 21.3 Å². The van der Waals surface area contributed by atoms with E-state index in [0.29, 0.717) is 11.5 Å². The van der Waals surface area contributed by atoms with Crippen molar-refractivity contribution in [3.05, 3.63) is 62.5 Å². The highest BCUT2D eigenvalue weighted by molar-refractivity contribution is 7.18. The van der Waals surface area contributed by atoms with Crippen LogP contribution in [0.25, 0.3) is 10.2 Å². The standard InChI is InChI=1S/C21H22N2O2S/c1-3-14-5-7-15(8-6-14)17(24)11-23-12-22-20-19(21(23)25)16-9-4-13(2)10-18(16)26-20/h5-8,12-13H,3-4,9-11H2,1-2H3. The van der Waals surface area contributed by atoms with Gasteiger partial charge in [0.25, 0.3) is 5.56 Å². The van der Waals surface area contributed by atoms with Crippen LogP contribution < -0.4 is 5.56 Å². The van der Waals surface area contributed by atoms with Gasteiger partial charge in [0.15, 0.2) is 5.78 Å². The minimum absolute atomic E-state index is 0.0360. The maximum atomic E-state index is 13.0. The van der Waals surface area contributed by atoms with Crippen LogP contribution in [-0.2, 0) is 25.8 Å². The first-order chi connectivity index (χ1) is 12.6. The Morgan fingerprint density at radius 3 is 2.81 bits per heavy atom. The second-order valence-electron chi connectivity index (χ2n) is 7.18. The Labute approximate surface area is 156 Å². The Kier molecular flexibility index (Phi) is 4.49. The molecule has 1 aliphatic rings. The largest absolute Gasteiger partial charge is 0.292 e. The lowest BCUT2D eigenvalue weighted by atomic mass is 9.89. The Morgan fingerprint density at radius 2 is 2.08 bits per heavy atom. The predicted molar refractivity (Wildman–Crippen MR) is 105 cm³/mol. The number of carbonyl (C=O) groups excluding carboxylic acids is 1. The lowest BCUT2D eigenvalue weighted by Crippen LogP contribution is -2.25. The molecule has 0 aliphatic heterocycles. The Bertz CT molecular complexity index is 1030. The van der Waals surface area contributed by atoms with Crippen LogP contribution in [0.2, 0.25) is 0 Å². The number of fused-ring (bicyclic) bond motifs is 3. The van der Waals surface area contributed by atoms with Crippen LogP contribution in [0.15, 0.2) is 35.4 Å². The van der Waals surface area contributed by atoms with Crippen molar-refractivity contribution in [1.29, 1.82) is 0 Å². The molecule has 5 heteroatoms. The van der Waals surface area contributed by atoms with Crippen molar-refractivity contribution < 1.29 is 4.79 Å². The van der Waals surface area contributed by atoms with E-state index < -0.39 is 0 Å². The molecule has 1 unspecified atom stereocenters. The molecular formula is C21H22N2O2S. The Balaban J connectivity index is 1.67. The number of ketones is 1. The highest BCUT2D eigenvalue weighted by Gasteiger charge is 2.23.